The summed E-state index contributed by atoms with van der Waals surface area (Å²) in [6.45, 7) is -0.0543. The van der Waals surface area contributed by atoms with Crippen LogP contribution >= 0.6 is 0 Å². The first-order valence-corrected chi connectivity index (χ1v) is 17.2. The highest BCUT2D eigenvalue weighted by Gasteiger charge is 2.53. The highest BCUT2D eigenvalue weighted by Crippen LogP contribution is 2.37. The van der Waals surface area contributed by atoms with Gasteiger partial charge in [0.2, 0.25) is 11.8 Å². The molecule has 0 spiro atoms. The van der Waals surface area contributed by atoms with Crippen molar-refractivity contribution < 1.29 is 42.6 Å². The number of carbonyl (C=O) groups is 4. The second kappa shape index (κ2) is 17.0. The van der Waals surface area contributed by atoms with Crippen molar-refractivity contribution in [2.45, 2.75) is 60.3 Å². The Bertz CT molecular complexity index is 1660. The average Bonchev–Trinajstić information content (AvgIpc) is 3.63. The zero-order valence-electron chi connectivity index (χ0n) is 26.7. The summed E-state index contributed by atoms with van der Waals surface area (Å²) in [5.74, 6) is -2.00. The molecule has 0 bridgehead atoms. The van der Waals surface area contributed by atoms with Crippen LogP contribution in [0.5, 0.6) is 11.5 Å². The molecule has 3 amide bonds. The normalized spacial score (nSPS) is 15.5. The molecule has 1 saturated heterocycles. The number of nitrogens with zero attached hydrogens (tertiary/aromatic N) is 2. The molecule has 0 radical (unpaired) electrons. The summed E-state index contributed by atoms with van der Waals surface area (Å²) in [6.07, 6.45) is 3.88. The van der Waals surface area contributed by atoms with Crippen molar-refractivity contribution in [2.75, 3.05) is 26.2 Å². The fourth-order valence-electron chi connectivity index (χ4n) is 5.56. The van der Waals surface area contributed by atoms with Gasteiger partial charge in [-0.3, -0.25) is 29.7 Å². The number of likely N-dealkylation sites (tertiary alicyclic amines) is 1. The lowest BCUT2D eigenvalue weighted by Crippen LogP contribution is -2.59. The van der Waals surface area contributed by atoms with E-state index in [1.165, 1.54) is 47.2 Å². The third-order valence-electron chi connectivity index (χ3n) is 8.39. The van der Waals surface area contributed by atoms with E-state index in [-0.39, 0.29) is 49.7 Å². The average molecular weight is 700 g/mol. The Morgan fingerprint density at radius 3 is 2.31 bits per heavy atom. The number of nitrogens with one attached hydrogen (secondary N) is 4. The number of benzene rings is 2. The van der Waals surface area contributed by atoms with Gasteiger partial charge >= 0.3 is 5.97 Å². The SMILES string of the molecule is N[C@@H](CCCCNC(=O)CN[C@@H](Cc1cnc[nH]1)C(=O)O)C(=O)N1CCC(C(=O)NO)(S(=O)(=O)c2ccc(Oc3ccccc3)cc2)CC1. The van der Waals surface area contributed by atoms with Crippen LogP contribution in [0.3, 0.4) is 0 Å². The quantitative estimate of drug-likeness (QED) is 0.0586. The molecule has 1 fully saturated rings. The van der Waals surface area contributed by atoms with Crippen LogP contribution in [-0.2, 0) is 35.4 Å². The number of aromatic amines is 1. The highest BCUT2D eigenvalue weighted by molar-refractivity contribution is 7.93. The minimum absolute atomic E-state index is 0.0743. The molecule has 16 nitrogen and oxygen atoms in total. The van der Waals surface area contributed by atoms with Gasteiger partial charge in [0.15, 0.2) is 14.6 Å². The first-order valence-electron chi connectivity index (χ1n) is 15.7. The predicted octanol–water partition coefficient (Wildman–Crippen LogP) is 0.742. The molecule has 1 aliphatic rings. The number of piperidine rings is 1. The molecule has 0 unspecified atom stereocenters. The molecule has 8 N–H and O–H groups in total. The molecule has 2 aromatic carbocycles. The predicted molar refractivity (Wildman–Crippen MR) is 175 cm³/mol. The molecule has 1 aliphatic heterocycles. The summed E-state index contributed by atoms with van der Waals surface area (Å²) >= 11 is 0. The minimum Gasteiger partial charge on any atom is -0.480 e. The summed E-state index contributed by atoms with van der Waals surface area (Å²) in [5, 5.41) is 24.3. The van der Waals surface area contributed by atoms with Crippen molar-refractivity contribution in [1.29, 1.82) is 0 Å². The van der Waals surface area contributed by atoms with Gasteiger partial charge in [-0.25, -0.2) is 18.9 Å². The van der Waals surface area contributed by atoms with Crippen LogP contribution in [0, 0.1) is 0 Å². The molecule has 0 saturated carbocycles. The van der Waals surface area contributed by atoms with Gasteiger partial charge in [-0.1, -0.05) is 18.2 Å². The Morgan fingerprint density at radius 2 is 1.69 bits per heavy atom. The number of hydrogen-bond acceptors (Lipinski definition) is 11. The second-order valence-corrected chi connectivity index (χ2v) is 13.9. The molecular formula is C32H41N7O9S. The van der Waals surface area contributed by atoms with E-state index in [2.05, 4.69) is 20.6 Å². The number of hydroxylamine groups is 1. The number of amides is 3. The molecule has 1 aromatic heterocycles. The van der Waals surface area contributed by atoms with Gasteiger partial charge in [-0.2, -0.15) is 0 Å². The Kier molecular flexibility index (Phi) is 12.8. The molecule has 2 heterocycles. The van der Waals surface area contributed by atoms with Crippen LogP contribution in [0.4, 0.5) is 0 Å². The Labute approximate surface area is 283 Å². The smallest absolute Gasteiger partial charge is 0.321 e. The number of rotatable bonds is 17. The maximum atomic E-state index is 13.8. The number of aromatic nitrogens is 2. The van der Waals surface area contributed by atoms with Gasteiger partial charge in [0.25, 0.3) is 5.91 Å². The maximum absolute atomic E-state index is 13.8. The number of sulfone groups is 1. The molecule has 4 rings (SSSR count). The number of carboxylic acid groups (broad SMARTS) is 1. The minimum atomic E-state index is -4.32. The van der Waals surface area contributed by atoms with Crippen molar-refractivity contribution in [3.63, 3.8) is 0 Å². The number of aliphatic carboxylic acids is 1. The van der Waals surface area contributed by atoms with Gasteiger partial charge in [0.1, 0.15) is 17.5 Å². The number of carboxylic acids is 1. The lowest BCUT2D eigenvalue weighted by molar-refractivity contribution is -0.139. The van der Waals surface area contributed by atoms with E-state index in [4.69, 9.17) is 10.5 Å². The van der Waals surface area contributed by atoms with Crippen molar-refractivity contribution in [2.24, 2.45) is 5.73 Å². The number of para-hydroxylation sites is 1. The van der Waals surface area contributed by atoms with Crippen LogP contribution < -0.4 is 26.6 Å². The second-order valence-electron chi connectivity index (χ2n) is 11.7. The largest absolute Gasteiger partial charge is 0.480 e. The first-order chi connectivity index (χ1) is 23.5. The van der Waals surface area contributed by atoms with Gasteiger partial charge in [-0.15, -0.1) is 0 Å². The van der Waals surface area contributed by atoms with Gasteiger partial charge in [-0.05, 0) is 68.5 Å². The summed E-state index contributed by atoms with van der Waals surface area (Å²) in [7, 11) is -4.32. The number of H-pyrrole nitrogens is 1. The third-order valence-corrected chi connectivity index (χ3v) is 10.9. The zero-order valence-corrected chi connectivity index (χ0v) is 27.5. The topological polar surface area (TPSA) is 246 Å². The van der Waals surface area contributed by atoms with E-state index in [1.54, 1.807) is 24.3 Å². The summed E-state index contributed by atoms with van der Waals surface area (Å²) < 4.78 is 31.3. The van der Waals surface area contributed by atoms with Gasteiger partial charge in [0, 0.05) is 37.9 Å². The van der Waals surface area contributed by atoms with Crippen molar-refractivity contribution in [3.8, 4) is 11.5 Å². The van der Waals surface area contributed by atoms with Crippen LogP contribution in [0.25, 0.3) is 0 Å². The molecule has 264 valence electrons. The van der Waals surface area contributed by atoms with Crippen molar-refractivity contribution in [1.82, 2.24) is 31.0 Å². The molecule has 3 aromatic rings. The first kappa shape index (κ1) is 37.0. The van der Waals surface area contributed by atoms with Gasteiger partial charge in [0.05, 0.1) is 23.8 Å². The van der Waals surface area contributed by atoms with Crippen LogP contribution in [-0.4, -0.2) is 100 Å². The van der Waals surface area contributed by atoms with Crippen LogP contribution in [0.2, 0.25) is 0 Å². The monoisotopic (exact) mass is 699 g/mol. The molecule has 17 heteroatoms. The molecule has 0 aliphatic carbocycles. The summed E-state index contributed by atoms with van der Waals surface area (Å²) in [4.78, 5) is 57.6. The van der Waals surface area contributed by atoms with E-state index in [0.717, 1.165) is 0 Å². The van der Waals surface area contributed by atoms with E-state index in [0.29, 0.717) is 43.0 Å². The fourth-order valence-corrected chi connectivity index (χ4v) is 7.52. The zero-order chi connectivity index (χ0) is 35.4. The Hall–Kier alpha value is -4.84. The number of hydrogen-bond donors (Lipinski definition) is 7. The van der Waals surface area contributed by atoms with E-state index in [1.807, 2.05) is 6.07 Å². The lowest BCUT2D eigenvalue weighted by atomic mass is 9.94. The Balaban J connectivity index is 1.23. The van der Waals surface area contributed by atoms with Gasteiger partial charge < -0.3 is 30.8 Å². The standard InChI is InChI=1S/C32H41N7O9S/c33-26(8-4-5-15-35-28(40)20-36-27(30(42)43)18-22-19-34-21-37-22)29(41)39-16-13-32(14-17-39,31(44)38-45)49(46,47)25-11-9-24(10-12-25)48-23-6-2-1-3-7-23/h1-3,6-7,9-12,19,21,26-27,36,45H,4-5,8,13-18,20,33H2,(H,34,37)(H,35,40)(H,38,44)(H,42,43)/t26-,27-/m0/s1. The number of unbranched alkanes of at least 4 members (excludes halogenated alkanes) is 1. The molecular weight excluding hydrogens is 658 g/mol. The number of imidazole rings is 1. The van der Waals surface area contributed by atoms with E-state index in [9.17, 15) is 37.9 Å². The number of carbonyl (C=O) groups excluding carboxylic acids is 3. The van der Waals surface area contributed by atoms with E-state index < -0.39 is 44.5 Å². The Morgan fingerprint density at radius 1 is 1.02 bits per heavy atom. The number of ether oxygens (including phenoxy) is 1. The fraction of sp³-hybridized carbons (Fsp3) is 0.406. The van der Waals surface area contributed by atoms with Crippen molar-refractivity contribution >= 4 is 33.5 Å². The maximum Gasteiger partial charge on any atom is 0.321 e. The lowest BCUT2D eigenvalue weighted by Gasteiger charge is -2.40. The third kappa shape index (κ3) is 9.41. The summed E-state index contributed by atoms with van der Waals surface area (Å²) in [5.41, 5.74) is 8.27. The summed E-state index contributed by atoms with van der Waals surface area (Å²) in [6, 6.07) is 12.7. The van der Waals surface area contributed by atoms with Crippen molar-refractivity contribution in [3.05, 3.63) is 72.8 Å². The van der Waals surface area contributed by atoms with E-state index >= 15 is 0 Å². The van der Waals surface area contributed by atoms with Crippen LogP contribution in [0.1, 0.15) is 37.8 Å². The number of nitrogens with two attached hydrogens (primary N) is 1. The molecule has 49 heavy (non-hydrogen) atoms. The highest BCUT2D eigenvalue weighted by atomic mass is 32.2. The molecule has 2 atom stereocenters. The van der Waals surface area contributed by atoms with Crippen LogP contribution in [0.15, 0.2) is 72.0 Å².